The molecule has 0 radical (unpaired) electrons. The Hall–Kier alpha value is -1.45. The molecule has 0 aliphatic heterocycles. The fourth-order valence-corrected chi connectivity index (χ4v) is 2.24. The zero-order valence-corrected chi connectivity index (χ0v) is 11.7. The molecular weight excluding hydrogens is 236 g/mol. The molecule has 2 aromatic rings. The quantitative estimate of drug-likeness (QED) is 0.837. The molecule has 3 heteroatoms. The van der Waals surface area contributed by atoms with Crippen LogP contribution < -0.4 is 5.32 Å². The van der Waals surface area contributed by atoms with Crippen LogP contribution in [0.25, 0.3) is 10.9 Å². The van der Waals surface area contributed by atoms with Crippen molar-refractivity contribution in [3.05, 3.63) is 42.1 Å². The van der Waals surface area contributed by atoms with Crippen LogP contribution in [0.15, 0.2) is 36.5 Å². The SMILES string of the molecule is CC(C)(CCO)CNCc1cccc2cccnc12. The third-order valence-corrected chi connectivity index (χ3v) is 3.42. The number of hydrogen-bond acceptors (Lipinski definition) is 3. The molecule has 0 unspecified atom stereocenters. The largest absolute Gasteiger partial charge is 0.396 e. The number of benzene rings is 1. The van der Waals surface area contributed by atoms with Gasteiger partial charge in [-0.15, -0.1) is 0 Å². The molecule has 0 saturated heterocycles. The summed E-state index contributed by atoms with van der Waals surface area (Å²) >= 11 is 0. The average molecular weight is 258 g/mol. The maximum absolute atomic E-state index is 9.02. The van der Waals surface area contributed by atoms with Gasteiger partial charge in [-0.2, -0.15) is 0 Å². The first kappa shape index (κ1) is 14.0. The number of pyridine rings is 1. The van der Waals surface area contributed by atoms with Crippen LogP contribution in [-0.4, -0.2) is 23.2 Å². The number of aromatic nitrogens is 1. The van der Waals surface area contributed by atoms with E-state index in [4.69, 9.17) is 5.11 Å². The molecule has 1 aromatic carbocycles. The summed E-state index contributed by atoms with van der Waals surface area (Å²) in [5.74, 6) is 0. The van der Waals surface area contributed by atoms with Gasteiger partial charge in [0.1, 0.15) is 0 Å². The number of para-hydroxylation sites is 1. The van der Waals surface area contributed by atoms with Gasteiger partial charge in [0.25, 0.3) is 0 Å². The molecule has 0 atom stereocenters. The highest BCUT2D eigenvalue weighted by Gasteiger charge is 2.16. The van der Waals surface area contributed by atoms with Crippen molar-refractivity contribution >= 4 is 10.9 Å². The van der Waals surface area contributed by atoms with Crippen LogP contribution in [0.4, 0.5) is 0 Å². The molecule has 0 spiro atoms. The molecule has 19 heavy (non-hydrogen) atoms. The molecule has 0 aliphatic rings. The zero-order chi connectivity index (χ0) is 13.7. The molecule has 0 amide bonds. The minimum Gasteiger partial charge on any atom is -0.396 e. The lowest BCUT2D eigenvalue weighted by molar-refractivity contribution is 0.207. The molecule has 0 saturated carbocycles. The van der Waals surface area contributed by atoms with Crippen LogP contribution in [0.1, 0.15) is 25.8 Å². The molecule has 1 heterocycles. The first-order valence-corrected chi connectivity index (χ1v) is 6.77. The Morgan fingerprint density at radius 3 is 2.79 bits per heavy atom. The summed E-state index contributed by atoms with van der Waals surface area (Å²) in [6, 6.07) is 10.3. The van der Waals surface area contributed by atoms with E-state index >= 15 is 0 Å². The van der Waals surface area contributed by atoms with Gasteiger partial charge in [0.2, 0.25) is 0 Å². The number of rotatable bonds is 6. The summed E-state index contributed by atoms with van der Waals surface area (Å²) in [6.45, 7) is 6.26. The maximum Gasteiger partial charge on any atom is 0.0746 e. The number of aliphatic hydroxyl groups is 1. The second-order valence-corrected chi connectivity index (χ2v) is 5.73. The number of fused-ring (bicyclic) bond motifs is 1. The topological polar surface area (TPSA) is 45.1 Å². The Kier molecular flexibility index (Phi) is 4.51. The fraction of sp³-hybridized carbons (Fsp3) is 0.438. The fourth-order valence-electron chi connectivity index (χ4n) is 2.24. The molecule has 3 nitrogen and oxygen atoms in total. The number of aliphatic hydroxyl groups excluding tert-OH is 1. The zero-order valence-electron chi connectivity index (χ0n) is 11.7. The van der Waals surface area contributed by atoms with Gasteiger partial charge in [0.15, 0.2) is 0 Å². The Balaban J connectivity index is 2.02. The van der Waals surface area contributed by atoms with Crippen molar-refractivity contribution in [2.75, 3.05) is 13.2 Å². The summed E-state index contributed by atoms with van der Waals surface area (Å²) in [7, 11) is 0. The van der Waals surface area contributed by atoms with Gasteiger partial charge in [-0.25, -0.2) is 0 Å². The molecule has 2 rings (SSSR count). The third-order valence-electron chi connectivity index (χ3n) is 3.42. The highest BCUT2D eigenvalue weighted by Crippen LogP contribution is 2.19. The minimum atomic E-state index is 0.118. The monoisotopic (exact) mass is 258 g/mol. The van der Waals surface area contributed by atoms with E-state index in [-0.39, 0.29) is 12.0 Å². The predicted molar refractivity (Wildman–Crippen MR) is 78.9 cm³/mol. The van der Waals surface area contributed by atoms with Crippen LogP contribution in [0.5, 0.6) is 0 Å². The van der Waals surface area contributed by atoms with Crippen molar-refractivity contribution in [3.63, 3.8) is 0 Å². The molecule has 0 fully saturated rings. The van der Waals surface area contributed by atoms with E-state index in [1.165, 1.54) is 10.9 Å². The molecule has 0 aliphatic carbocycles. The van der Waals surface area contributed by atoms with E-state index in [1.807, 2.05) is 12.3 Å². The Morgan fingerprint density at radius 1 is 1.21 bits per heavy atom. The van der Waals surface area contributed by atoms with Crippen molar-refractivity contribution in [2.45, 2.75) is 26.8 Å². The Bertz CT molecular complexity index is 532. The second kappa shape index (κ2) is 6.13. The standard InChI is InChI=1S/C16H22N2O/c1-16(2,8-10-19)12-17-11-14-6-3-5-13-7-4-9-18-15(13)14/h3-7,9,17,19H,8,10-12H2,1-2H3. The first-order valence-electron chi connectivity index (χ1n) is 6.77. The van der Waals surface area contributed by atoms with Gasteiger partial charge in [-0.1, -0.05) is 38.1 Å². The second-order valence-electron chi connectivity index (χ2n) is 5.73. The molecule has 0 bridgehead atoms. The average Bonchev–Trinajstić information content (AvgIpc) is 2.39. The van der Waals surface area contributed by atoms with E-state index in [0.717, 1.165) is 25.0 Å². The maximum atomic E-state index is 9.02. The van der Waals surface area contributed by atoms with E-state index in [1.54, 1.807) is 0 Å². The summed E-state index contributed by atoms with van der Waals surface area (Å²) < 4.78 is 0. The van der Waals surface area contributed by atoms with Gasteiger partial charge < -0.3 is 10.4 Å². The summed E-state index contributed by atoms with van der Waals surface area (Å²) in [6.07, 6.45) is 2.65. The number of hydrogen-bond donors (Lipinski definition) is 2. The van der Waals surface area contributed by atoms with E-state index in [2.05, 4.69) is 48.4 Å². The lowest BCUT2D eigenvalue weighted by atomic mass is 9.90. The third kappa shape index (κ3) is 3.75. The Morgan fingerprint density at radius 2 is 2.00 bits per heavy atom. The highest BCUT2D eigenvalue weighted by atomic mass is 16.3. The molecular formula is C16H22N2O. The number of nitrogens with zero attached hydrogens (tertiary/aromatic N) is 1. The Labute approximate surface area is 114 Å². The highest BCUT2D eigenvalue weighted by molar-refractivity contribution is 5.81. The number of nitrogens with one attached hydrogen (secondary N) is 1. The van der Waals surface area contributed by atoms with Crippen LogP contribution in [0, 0.1) is 5.41 Å². The summed E-state index contributed by atoms with van der Waals surface area (Å²) in [5, 5.41) is 13.7. The van der Waals surface area contributed by atoms with E-state index < -0.39 is 0 Å². The minimum absolute atomic E-state index is 0.118. The van der Waals surface area contributed by atoms with Crippen LogP contribution in [0.2, 0.25) is 0 Å². The van der Waals surface area contributed by atoms with E-state index in [0.29, 0.717) is 0 Å². The van der Waals surface area contributed by atoms with Crippen LogP contribution in [0.3, 0.4) is 0 Å². The van der Waals surface area contributed by atoms with Crippen molar-refractivity contribution in [3.8, 4) is 0 Å². The summed E-state index contributed by atoms with van der Waals surface area (Å²) in [5.41, 5.74) is 2.41. The van der Waals surface area contributed by atoms with E-state index in [9.17, 15) is 0 Å². The molecule has 2 N–H and O–H groups in total. The van der Waals surface area contributed by atoms with Gasteiger partial charge in [-0.05, 0) is 23.5 Å². The van der Waals surface area contributed by atoms with Crippen LogP contribution in [-0.2, 0) is 6.54 Å². The van der Waals surface area contributed by atoms with Crippen molar-refractivity contribution in [1.29, 1.82) is 0 Å². The summed E-state index contributed by atoms with van der Waals surface area (Å²) in [4.78, 5) is 4.45. The molecule has 1 aromatic heterocycles. The lowest BCUT2D eigenvalue weighted by Gasteiger charge is -2.24. The van der Waals surface area contributed by atoms with Gasteiger partial charge in [-0.3, -0.25) is 4.98 Å². The smallest absolute Gasteiger partial charge is 0.0746 e. The van der Waals surface area contributed by atoms with Gasteiger partial charge in [0.05, 0.1) is 5.52 Å². The van der Waals surface area contributed by atoms with Crippen molar-refractivity contribution in [1.82, 2.24) is 10.3 Å². The lowest BCUT2D eigenvalue weighted by Crippen LogP contribution is -2.30. The molecule has 102 valence electrons. The van der Waals surface area contributed by atoms with Crippen LogP contribution >= 0.6 is 0 Å². The van der Waals surface area contributed by atoms with Gasteiger partial charge in [0, 0.05) is 31.3 Å². The first-order chi connectivity index (χ1) is 9.12. The predicted octanol–water partition coefficient (Wildman–Crippen LogP) is 2.73. The van der Waals surface area contributed by atoms with Crippen molar-refractivity contribution in [2.24, 2.45) is 5.41 Å². The van der Waals surface area contributed by atoms with Gasteiger partial charge >= 0.3 is 0 Å². The van der Waals surface area contributed by atoms with Crippen molar-refractivity contribution < 1.29 is 5.11 Å². The normalized spacial score (nSPS) is 11.9.